The third kappa shape index (κ3) is 5.21. The molecule has 0 N–H and O–H groups in total. The average Bonchev–Trinajstić information content (AvgIpc) is 2.78. The number of ether oxygens (including phenoxy) is 2. The quantitative estimate of drug-likeness (QED) is 0.416. The number of aryl methyl sites for hydroxylation is 3. The Morgan fingerprint density at radius 2 is 1.63 bits per heavy atom. The summed E-state index contributed by atoms with van der Waals surface area (Å²) in [5, 5.41) is 2.35. The van der Waals surface area contributed by atoms with Gasteiger partial charge < -0.3 is 9.47 Å². The van der Waals surface area contributed by atoms with Crippen LogP contribution in [0.1, 0.15) is 36.5 Å². The van der Waals surface area contributed by atoms with Crippen LogP contribution < -0.4 is 0 Å². The van der Waals surface area contributed by atoms with Crippen LogP contribution in [0.2, 0.25) is 5.02 Å². The van der Waals surface area contributed by atoms with Gasteiger partial charge in [0.1, 0.15) is 5.82 Å². The zero-order valence-electron chi connectivity index (χ0n) is 17.4. The van der Waals surface area contributed by atoms with Gasteiger partial charge in [-0.25, -0.2) is 4.39 Å². The first-order valence-corrected chi connectivity index (χ1v) is 11.2. The fourth-order valence-electron chi connectivity index (χ4n) is 3.94. The molecule has 1 aliphatic heterocycles. The molecule has 1 heterocycles. The summed E-state index contributed by atoms with van der Waals surface area (Å²) in [5.41, 5.74) is 3.09. The molecule has 0 bridgehead atoms. The second-order valence-corrected chi connectivity index (χ2v) is 8.57. The van der Waals surface area contributed by atoms with Crippen molar-refractivity contribution < 1.29 is 13.9 Å². The van der Waals surface area contributed by atoms with Crippen molar-refractivity contribution in [3.63, 3.8) is 0 Å². The molecule has 0 saturated carbocycles. The number of fused-ring (bicyclic) bond motifs is 1. The Morgan fingerprint density at radius 1 is 0.900 bits per heavy atom. The molecule has 0 atom stereocenters. The molecule has 2 nitrogen and oxygen atoms in total. The van der Waals surface area contributed by atoms with E-state index in [9.17, 15) is 0 Å². The fourth-order valence-corrected chi connectivity index (χ4v) is 4.06. The van der Waals surface area contributed by atoms with E-state index in [0.717, 1.165) is 60.4 Å². The minimum absolute atomic E-state index is 0.113. The van der Waals surface area contributed by atoms with Gasteiger partial charge in [-0.05, 0) is 59.9 Å². The lowest BCUT2D eigenvalue weighted by atomic mass is 9.98. The molecule has 0 amide bonds. The number of rotatable bonds is 7. The zero-order valence-corrected chi connectivity index (χ0v) is 18.1. The maximum Gasteiger partial charge on any atom is 0.157 e. The van der Waals surface area contributed by atoms with Crippen molar-refractivity contribution in [1.82, 2.24) is 0 Å². The number of benzene rings is 3. The lowest BCUT2D eigenvalue weighted by molar-refractivity contribution is -0.202. The van der Waals surface area contributed by atoms with Crippen molar-refractivity contribution >= 4 is 22.4 Å². The van der Waals surface area contributed by atoms with Gasteiger partial charge in [-0.3, -0.25) is 0 Å². The van der Waals surface area contributed by atoms with Gasteiger partial charge in [0.15, 0.2) is 6.29 Å². The van der Waals surface area contributed by atoms with Crippen LogP contribution in [0, 0.1) is 11.7 Å². The zero-order chi connectivity index (χ0) is 20.9. The normalized spacial score (nSPS) is 19.3. The first kappa shape index (κ1) is 21.3. The fraction of sp³-hybridized carbons (Fsp3) is 0.385. The van der Waals surface area contributed by atoms with Gasteiger partial charge in [-0.15, -0.1) is 0 Å². The van der Waals surface area contributed by atoms with Gasteiger partial charge in [-0.2, -0.15) is 0 Å². The number of hydrogen-bond donors (Lipinski definition) is 0. The van der Waals surface area contributed by atoms with Crippen molar-refractivity contribution in [3.8, 4) is 0 Å². The summed E-state index contributed by atoms with van der Waals surface area (Å²) in [6, 6.07) is 17.7. The molecule has 1 saturated heterocycles. The third-order valence-electron chi connectivity index (χ3n) is 5.98. The third-order valence-corrected chi connectivity index (χ3v) is 6.23. The first-order chi connectivity index (χ1) is 14.6. The Hall–Kier alpha value is -1.94. The lowest BCUT2D eigenvalue weighted by Gasteiger charge is -2.28. The van der Waals surface area contributed by atoms with E-state index in [1.54, 1.807) is 0 Å². The van der Waals surface area contributed by atoms with Crippen molar-refractivity contribution in [2.45, 2.75) is 45.3 Å². The summed E-state index contributed by atoms with van der Waals surface area (Å²) in [4.78, 5) is 0. The van der Waals surface area contributed by atoms with Crippen molar-refractivity contribution in [1.29, 1.82) is 0 Å². The molecule has 3 aromatic rings. The molecule has 4 rings (SSSR count). The van der Waals surface area contributed by atoms with Crippen LogP contribution in [0.5, 0.6) is 0 Å². The maximum atomic E-state index is 15.1. The second kappa shape index (κ2) is 9.91. The van der Waals surface area contributed by atoms with Crippen molar-refractivity contribution in [2.75, 3.05) is 13.2 Å². The smallest absolute Gasteiger partial charge is 0.157 e. The van der Waals surface area contributed by atoms with E-state index in [-0.39, 0.29) is 12.1 Å². The van der Waals surface area contributed by atoms with E-state index >= 15 is 4.39 Å². The standard InChI is InChI=1S/C26H28ClFO2/c1-2-18-16-29-25(30-17-18)14-7-20-6-13-24-22(15-20)10-9-21(26(24)28)8-3-19-4-11-23(27)12-5-19/h4-6,9-13,15,18,25H,2-3,7-8,14,16-17H2,1H3. The van der Waals surface area contributed by atoms with E-state index in [4.69, 9.17) is 21.1 Å². The predicted molar refractivity (Wildman–Crippen MR) is 121 cm³/mol. The second-order valence-electron chi connectivity index (χ2n) is 8.13. The van der Waals surface area contributed by atoms with Crippen molar-refractivity contribution in [2.24, 2.45) is 5.92 Å². The van der Waals surface area contributed by atoms with Gasteiger partial charge in [0.25, 0.3) is 0 Å². The van der Waals surface area contributed by atoms with Gasteiger partial charge in [0.2, 0.25) is 0 Å². The molecule has 0 unspecified atom stereocenters. The molecule has 0 aliphatic carbocycles. The molecule has 0 spiro atoms. The van der Waals surface area contributed by atoms with Crippen LogP contribution in [0.4, 0.5) is 4.39 Å². The molecule has 1 fully saturated rings. The van der Waals surface area contributed by atoms with Crippen LogP contribution in [-0.2, 0) is 28.7 Å². The summed E-state index contributed by atoms with van der Waals surface area (Å²) < 4.78 is 26.7. The number of halogens is 2. The summed E-state index contributed by atoms with van der Waals surface area (Å²) in [6.45, 7) is 3.72. The van der Waals surface area contributed by atoms with E-state index in [0.29, 0.717) is 17.7 Å². The summed E-state index contributed by atoms with van der Waals surface area (Å²) >= 11 is 5.94. The highest BCUT2D eigenvalue weighted by Gasteiger charge is 2.20. The SMILES string of the molecule is CCC1COC(CCc2ccc3c(F)c(CCc4ccc(Cl)cc4)ccc3c2)OC1. The first-order valence-electron chi connectivity index (χ1n) is 10.8. The molecule has 158 valence electrons. The van der Waals surface area contributed by atoms with Crippen LogP contribution in [0.3, 0.4) is 0 Å². The highest BCUT2D eigenvalue weighted by atomic mass is 35.5. The number of hydrogen-bond acceptors (Lipinski definition) is 2. The molecule has 3 aromatic carbocycles. The topological polar surface area (TPSA) is 18.5 Å². The van der Waals surface area contributed by atoms with E-state index in [1.807, 2.05) is 48.5 Å². The molecular formula is C26H28ClFO2. The predicted octanol–water partition coefficient (Wildman–Crippen LogP) is 6.75. The Balaban J connectivity index is 1.39. The lowest BCUT2D eigenvalue weighted by Crippen LogP contribution is -2.32. The molecule has 0 radical (unpaired) electrons. The van der Waals surface area contributed by atoms with Crippen LogP contribution >= 0.6 is 11.6 Å². The molecule has 0 aromatic heterocycles. The highest BCUT2D eigenvalue weighted by molar-refractivity contribution is 6.30. The Morgan fingerprint density at radius 3 is 2.37 bits per heavy atom. The molecule has 1 aliphatic rings. The van der Waals surface area contributed by atoms with Crippen LogP contribution in [-0.4, -0.2) is 19.5 Å². The van der Waals surface area contributed by atoms with Gasteiger partial charge in [0.05, 0.1) is 13.2 Å². The Bertz CT molecular complexity index is 978. The van der Waals surface area contributed by atoms with Crippen molar-refractivity contribution in [3.05, 3.63) is 82.1 Å². The summed E-state index contributed by atoms with van der Waals surface area (Å²) in [7, 11) is 0. The van der Waals surface area contributed by atoms with Gasteiger partial charge in [-0.1, -0.05) is 61.0 Å². The van der Waals surface area contributed by atoms with E-state index < -0.39 is 0 Å². The maximum absolute atomic E-state index is 15.1. The monoisotopic (exact) mass is 426 g/mol. The minimum Gasteiger partial charge on any atom is -0.352 e. The minimum atomic E-state index is -0.129. The Labute approximate surface area is 183 Å². The summed E-state index contributed by atoms with van der Waals surface area (Å²) in [6.07, 6.45) is 4.10. The molecular weight excluding hydrogens is 399 g/mol. The average molecular weight is 427 g/mol. The van der Waals surface area contributed by atoms with Gasteiger partial charge in [0, 0.05) is 22.7 Å². The van der Waals surface area contributed by atoms with Gasteiger partial charge >= 0.3 is 0 Å². The summed E-state index contributed by atoms with van der Waals surface area (Å²) in [5.74, 6) is 0.399. The van der Waals surface area contributed by atoms with Crippen LogP contribution in [0.25, 0.3) is 10.8 Å². The molecule has 30 heavy (non-hydrogen) atoms. The van der Waals surface area contributed by atoms with Crippen LogP contribution in [0.15, 0.2) is 54.6 Å². The van der Waals surface area contributed by atoms with E-state index in [2.05, 4.69) is 13.0 Å². The molecule has 4 heteroatoms. The highest BCUT2D eigenvalue weighted by Crippen LogP contribution is 2.25. The Kier molecular flexibility index (Phi) is 7.04. The largest absolute Gasteiger partial charge is 0.352 e. The van der Waals surface area contributed by atoms with E-state index in [1.165, 1.54) is 5.56 Å².